The lowest BCUT2D eigenvalue weighted by atomic mass is 9.75. The van der Waals surface area contributed by atoms with Gasteiger partial charge >= 0.3 is 0 Å². The van der Waals surface area contributed by atoms with Crippen LogP contribution in [-0.2, 0) is 0 Å². The summed E-state index contributed by atoms with van der Waals surface area (Å²) in [5.41, 5.74) is 6.76. The first-order chi connectivity index (χ1) is 10.1. The molecule has 2 N–H and O–H groups in total. The van der Waals surface area contributed by atoms with Crippen LogP contribution in [0.25, 0.3) is 0 Å². The first kappa shape index (κ1) is 16.1. The number of hydrogen-bond acceptors (Lipinski definition) is 3. The second-order valence-electron chi connectivity index (χ2n) is 5.81. The molecule has 1 aliphatic rings. The molecule has 0 spiro atoms. The Bertz CT molecular complexity index is 460. The van der Waals surface area contributed by atoms with E-state index in [9.17, 15) is 8.78 Å². The molecule has 1 saturated carbocycles. The summed E-state index contributed by atoms with van der Waals surface area (Å²) in [6.45, 7) is 2.10. The zero-order chi connectivity index (χ0) is 15.4. The summed E-state index contributed by atoms with van der Waals surface area (Å²) in [4.78, 5) is 3.91. The van der Waals surface area contributed by atoms with Crippen molar-refractivity contribution in [2.45, 2.75) is 57.4 Å². The summed E-state index contributed by atoms with van der Waals surface area (Å²) in [5.74, 6) is 0.728. The number of hydrogen-bond donors (Lipinski definition) is 1. The standard InChI is InChI=1S/C16H24F2N2O/c1-3-13(19)11-6-4-10(5-7-11)12-8-9-20-16(21-2)14(12)15(17)18/h8-11,13,15H,3-7,19H2,1-2H3/t10?,11?,13-/m1/s1. The molecule has 0 aliphatic heterocycles. The van der Waals surface area contributed by atoms with E-state index in [1.807, 2.05) is 0 Å². The number of rotatable bonds is 5. The fourth-order valence-corrected chi connectivity index (χ4v) is 3.40. The lowest BCUT2D eigenvalue weighted by Crippen LogP contribution is -2.32. The number of methoxy groups -OCH3 is 1. The maximum atomic E-state index is 13.3. The Hall–Kier alpha value is -1.23. The molecule has 5 heteroatoms. The Balaban J connectivity index is 2.17. The van der Waals surface area contributed by atoms with Crippen LogP contribution in [0.4, 0.5) is 8.78 Å². The maximum Gasteiger partial charge on any atom is 0.269 e. The van der Waals surface area contributed by atoms with Gasteiger partial charge in [0, 0.05) is 12.2 Å². The zero-order valence-corrected chi connectivity index (χ0v) is 12.7. The summed E-state index contributed by atoms with van der Waals surface area (Å²) in [7, 11) is 1.38. The van der Waals surface area contributed by atoms with E-state index >= 15 is 0 Å². The van der Waals surface area contributed by atoms with Crippen LogP contribution in [0.15, 0.2) is 12.3 Å². The highest BCUT2D eigenvalue weighted by molar-refractivity contribution is 5.38. The Morgan fingerprint density at radius 2 is 2.00 bits per heavy atom. The fourth-order valence-electron chi connectivity index (χ4n) is 3.40. The highest BCUT2D eigenvalue weighted by Gasteiger charge is 2.30. The minimum Gasteiger partial charge on any atom is -0.481 e. The van der Waals surface area contributed by atoms with E-state index in [0.29, 0.717) is 11.5 Å². The van der Waals surface area contributed by atoms with Crippen molar-refractivity contribution in [2.75, 3.05) is 7.11 Å². The molecule has 1 fully saturated rings. The van der Waals surface area contributed by atoms with Gasteiger partial charge in [-0.15, -0.1) is 0 Å². The Morgan fingerprint density at radius 3 is 2.52 bits per heavy atom. The predicted octanol–water partition coefficient (Wildman–Crippen LogP) is 4.04. The lowest BCUT2D eigenvalue weighted by molar-refractivity contribution is 0.143. The Morgan fingerprint density at radius 1 is 1.33 bits per heavy atom. The summed E-state index contributed by atoms with van der Waals surface area (Å²) >= 11 is 0. The van der Waals surface area contributed by atoms with Gasteiger partial charge < -0.3 is 10.5 Å². The molecule has 1 atom stereocenters. The quantitative estimate of drug-likeness (QED) is 0.892. The van der Waals surface area contributed by atoms with Crippen LogP contribution in [0.1, 0.15) is 62.5 Å². The van der Waals surface area contributed by atoms with Gasteiger partial charge in [-0.2, -0.15) is 0 Å². The normalized spacial score (nSPS) is 24.1. The molecular weight excluding hydrogens is 274 g/mol. The van der Waals surface area contributed by atoms with E-state index in [4.69, 9.17) is 10.5 Å². The third kappa shape index (κ3) is 3.51. The second kappa shape index (κ2) is 7.16. The largest absolute Gasteiger partial charge is 0.481 e. The zero-order valence-electron chi connectivity index (χ0n) is 12.7. The highest BCUT2D eigenvalue weighted by Crippen LogP contribution is 2.42. The number of nitrogens with two attached hydrogens (primary N) is 1. The first-order valence-corrected chi connectivity index (χ1v) is 7.64. The van der Waals surface area contributed by atoms with Crippen molar-refractivity contribution in [2.24, 2.45) is 11.7 Å². The van der Waals surface area contributed by atoms with E-state index in [0.717, 1.165) is 32.1 Å². The lowest BCUT2D eigenvalue weighted by Gasteiger charge is -2.32. The number of halogens is 2. The van der Waals surface area contributed by atoms with E-state index in [2.05, 4.69) is 11.9 Å². The van der Waals surface area contributed by atoms with Crippen LogP contribution >= 0.6 is 0 Å². The van der Waals surface area contributed by atoms with E-state index in [1.54, 1.807) is 12.3 Å². The SMILES string of the molecule is CC[C@@H](N)C1CCC(c2ccnc(OC)c2C(F)F)CC1. The summed E-state index contributed by atoms with van der Waals surface area (Å²) in [6.07, 6.45) is 3.81. The molecule has 0 radical (unpaired) electrons. The second-order valence-corrected chi connectivity index (χ2v) is 5.81. The predicted molar refractivity (Wildman–Crippen MR) is 78.7 cm³/mol. The van der Waals surface area contributed by atoms with E-state index in [1.165, 1.54) is 7.11 Å². The van der Waals surface area contributed by atoms with Crippen molar-refractivity contribution in [3.63, 3.8) is 0 Å². The monoisotopic (exact) mass is 298 g/mol. The van der Waals surface area contributed by atoms with Crippen molar-refractivity contribution in [1.29, 1.82) is 0 Å². The average molecular weight is 298 g/mol. The molecule has 0 unspecified atom stereocenters. The molecule has 0 aromatic carbocycles. The first-order valence-electron chi connectivity index (χ1n) is 7.64. The number of pyridine rings is 1. The molecule has 0 saturated heterocycles. The minimum atomic E-state index is -2.56. The van der Waals surface area contributed by atoms with Crippen molar-refractivity contribution in [3.8, 4) is 5.88 Å². The Kier molecular flexibility index (Phi) is 5.51. The molecule has 1 aromatic heterocycles. The molecule has 118 valence electrons. The molecule has 3 nitrogen and oxygen atoms in total. The van der Waals surface area contributed by atoms with Gasteiger partial charge in [-0.1, -0.05) is 6.92 Å². The molecule has 0 amide bonds. The number of nitrogens with zero attached hydrogens (tertiary/aromatic N) is 1. The minimum absolute atomic E-state index is 0.0387. The van der Waals surface area contributed by atoms with E-state index in [-0.39, 0.29) is 23.4 Å². The number of ether oxygens (including phenoxy) is 1. The summed E-state index contributed by atoms with van der Waals surface area (Å²) < 4.78 is 31.7. The molecule has 2 rings (SSSR count). The summed E-state index contributed by atoms with van der Waals surface area (Å²) in [6, 6.07) is 1.95. The van der Waals surface area contributed by atoms with Crippen LogP contribution in [0, 0.1) is 5.92 Å². The van der Waals surface area contributed by atoms with E-state index < -0.39 is 6.43 Å². The van der Waals surface area contributed by atoms with Crippen LogP contribution < -0.4 is 10.5 Å². The summed E-state index contributed by atoms with van der Waals surface area (Å²) in [5, 5.41) is 0. The third-order valence-corrected chi connectivity index (χ3v) is 4.69. The Labute approximate surface area is 124 Å². The topological polar surface area (TPSA) is 48.1 Å². The molecule has 1 aromatic rings. The smallest absolute Gasteiger partial charge is 0.269 e. The molecule has 0 bridgehead atoms. The number of aromatic nitrogens is 1. The molecule has 1 aliphatic carbocycles. The number of alkyl halides is 2. The highest BCUT2D eigenvalue weighted by atomic mass is 19.3. The van der Waals surface area contributed by atoms with Crippen LogP contribution in [-0.4, -0.2) is 18.1 Å². The van der Waals surface area contributed by atoms with Gasteiger partial charge in [0.2, 0.25) is 5.88 Å². The van der Waals surface area contributed by atoms with Crippen molar-refractivity contribution < 1.29 is 13.5 Å². The van der Waals surface area contributed by atoms with Crippen LogP contribution in [0.3, 0.4) is 0 Å². The van der Waals surface area contributed by atoms with Crippen molar-refractivity contribution in [3.05, 3.63) is 23.4 Å². The molecule has 21 heavy (non-hydrogen) atoms. The molecular formula is C16H24F2N2O. The van der Waals surface area contributed by atoms with Gasteiger partial charge in [-0.05, 0) is 55.6 Å². The van der Waals surface area contributed by atoms with Gasteiger partial charge in [0.1, 0.15) is 0 Å². The van der Waals surface area contributed by atoms with Gasteiger partial charge in [0.05, 0.1) is 12.7 Å². The van der Waals surface area contributed by atoms with Gasteiger partial charge in [0.15, 0.2) is 0 Å². The third-order valence-electron chi connectivity index (χ3n) is 4.69. The van der Waals surface area contributed by atoms with Crippen molar-refractivity contribution >= 4 is 0 Å². The van der Waals surface area contributed by atoms with Crippen LogP contribution in [0.5, 0.6) is 5.88 Å². The average Bonchev–Trinajstić information content (AvgIpc) is 2.53. The maximum absolute atomic E-state index is 13.3. The van der Waals surface area contributed by atoms with Crippen LogP contribution in [0.2, 0.25) is 0 Å². The van der Waals surface area contributed by atoms with Gasteiger partial charge in [-0.25, -0.2) is 13.8 Å². The van der Waals surface area contributed by atoms with Gasteiger partial charge in [-0.3, -0.25) is 0 Å². The fraction of sp³-hybridized carbons (Fsp3) is 0.688. The molecule has 1 heterocycles. The van der Waals surface area contributed by atoms with Crippen molar-refractivity contribution in [1.82, 2.24) is 4.98 Å². The van der Waals surface area contributed by atoms with Gasteiger partial charge in [0.25, 0.3) is 6.43 Å².